The SMILES string of the molecule is N#Cc1ccc2c(c1)C[C@@H](NC(=O)[C@@H](O)c1ccccc1)CN2. The van der Waals surface area contributed by atoms with E-state index in [2.05, 4.69) is 16.7 Å². The second-order valence-electron chi connectivity index (χ2n) is 5.59. The van der Waals surface area contributed by atoms with E-state index in [0.29, 0.717) is 24.1 Å². The summed E-state index contributed by atoms with van der Waals surface area (Å²) in [6.45, 7) is 0.589. The molecule has 0 saturated carbocycles. The van der Waals surface area contributed by atoms with Gasteiger partial charge >= 0.3 is 0 Å². The fraction of sp³-hybridized carbons (Fsp3) is 0.222. The van der Waals surface area contributed by atoms with Gasteiger partial charge in [0.25, 0.3) is 5.91 Å². The fourth-order valence-electron chi connectivity index (χ4n) is 2.74. The normalized spacial score (nSPS) is 17.3. The third kappa shape index (κ3) is 3.33. The molecule has 5 heteroatoms. The van der Waals surface area contributed by atoms with Crippen molar-refractivity contribution in [2.24, 2.45) is 0 Å². The summed E-state index contributed by atoms with van der Waals surface area (Å²) in [6.07, 6.45) is -0.548. The summed E-state index contributed by atoms with van der Waals surface area (Å²) in [5.74, 6) is -0.414. The lowest BCUT2D eigenvalue weighted by molar-refractivity contribution is -0.130. The number of nitrogens with zero attached hydrogens (tertiary/aromatic N) is 1. The van der Waals surface area contributed by atoms with Crippen molar-refractivity contribution in [2.45, 2.75) is 18.6 Å². The van der Waals surface area contributed by atoms with E-state index in [-0.39, 0.29) is 6.04 Å². The number of hydrogen-bond donors (Lipinski definition) is 3. The third-order valence-corrected chi connectivity index (χ3v) is 3.95. The summed E-state index contributed by atoms with van der Waals surface area (Å²) >= 11 is 0. The summed E-state index contributed by atoms with van der Waals surface area (Å²) in [7, 11) is 0. The van der Waals surface area contributed by atoms with Crippen molar-refractivity contribution in [2.75, 3.05) is 11.9 Å². The van der Waals surface area contributed by atoms with Crippen LogP contribution >= 0.6 is 0 Å². The molecule has 2 aromatic carbocycles. The molecule has 116 valence electrons. The highest BCUT2D eigenvalue weighted by molar-refractivity contribution is 5.82. The number of benzene rings is 2. The quantitative estimate of drug-likeness (QED) is 0.806. The predicted molar refractivity (Wildman–Crippen MR) is 86.7 cm³/mol. The first-order valence-corrected chi connectivity index (χ1v) is 7.47. The van der Waals surface area contributed by atoms with Crippen LogP contribution in [0.2, 0.25) is 0 Å². The van der Waals surface area contributed by atoms with Crippen LogP contribution < -0.4 is 10.6 Å². The minimum atomic E-state index is -1.18. The largest absolute Gasteiger partial charge is 0.383 e. The zero-order valence-corrected chi connectivity index (χ0v) is 12.5. The van der Waals surface area contributed by atoms with Gasteiger partial charge in [-0.25, -0.2) is 0 Å². The number of fused-ring (bicyclic) bond motifs is 1. The minimum absolute atomic E-state index is 0.123. The highest BCUT2D eigenvalue weighted by Gasteiger charge is 2.24. The average Bonchev–Trinajstić information content (AvgIpc) is 2.61. The molecule has 0 aromatic heterocycles. The van der Waals surface area contributed by atoms with E-state index in [1.165, 1.54) is 0 Å². The van der Waals surface area contributed by atoms with Crippen molar-refractivity contribution in [3.63, 3.8) is 0 Å². The minimum Gasteiger partial charge on any atom is -0.383 e. The number of rotatable bonds is 3. The monoisotopic (exact) mass is 307 g/mol. The van der Waals surface area contributed by atoms with E-state index in [4.69, 9.17) is 5.26 Å². The molecule has 0 bridgehead atoms. The average molecular weight is 307 g/mol. The number of amides is 1. The molecule has 1 aliphatic rings. The van der Waals surface area contributed by atoms with E-state index in [1.54, 1.807) is 30.3 Å². The van der Waals surface area contributed by atoms with Crippen LogP contribution in [0.25, 0.3) is 0 Å². The fourth-order valence-corrected chi connectivity index (χ4v) is 2.74. The predicted octanol–water partition coefficient (Wildman–Crippen LogP) is 1.74. The van der Waals surface area contributed by atoms with E-state index in [1.807, 2.05) is 18.2 Å². The van der Waals surface area contributed by atoms with E-state index < -0.39 is 12.0 Å². The Morgan fingerprint density at radius 3 is 2.83 bits per heavy atom. The summed E-state index contributed by atoms with van der Waals surface area (Å²) in [6, 6.07) is 16.3. The number of hydrogen-bond acceptors (Lipinski definition) is 4. The van der Waals surface area contributed by atoms with Gasteiger partial charge in [0.15, 0.2) is 6.10 Å². The van der Waals surface area contributed by atoms with Gasteiger partial charge in [0.2, 0.25) is 0 Å². The van der Waals surface area contributed by atoms with E-state index in [0.717, 1.165) is 11.3 Å². The Bertz CT molecular complexity index is 753. The molecule has 0 saturated heterocycles. The van der Waals surface area contributed by atoms with Crippen LogP contribution in [0.1, 0.15) is 22.8 Å². The Labute approximate surface area is 134 Å². The number of aliphatic hydroxyl groups excluding tert-OH is 1. The molecule has 0 radical (unpaired) electrons. The Kier molecular flexibility index (Phi) is 4.26. The maximum Gasteiger partial charge on any atom is 0.253 e. The van der Waals surface area contributed by atoms with Crippen molar-refractivity contribution in [3.8, 4) is 6.07 Å². The van der Waals surface area contributed by atoms with Crippen LogP contribution in [-0.4, -0.2) is 23.6 Å². The van der Waals surface area contributed by atoms with Crippen molar-refractivity contribution in [3.05, 3.63) is 65.2 Å². The Morgan fingerprint density at radius 2 is 2.09 bits per heavy atom. The van der Waals surface area contributed by atoms with Gasteiger partial charge in [-0.1, -0.05) is 30.3 Å². The second-order valence-corrected chi connectivity index (χ2v) is 5.59. The third-order valence-electron chi connectivity index (χ3n) is 3.95. The van der Waals surface area contributed by atoms with Crippen LogP contribution in [0.3, 0.4) is 0 Å². The maximum absolute atomic E-state index is 12.2. The number of carbonyl (C=O) groups excluding carboxylic acids is 1. The van der Waals surface area contributed by atoms with Crippen molar-refractivity contribution >= 4 is 11.6 Å². The molecule has 3 N–H and O–H groups in total. The van der Waals surface area contributed by atoms with E-state index in [9.17, 15) is 9.90 Å². The van der Waals surface area contributed by atoms with Crippen molar-refractivity contribution in [1.82, 2.24) is 5.32 Å². The molecular formula is C18H17N3O2. The van der Waals surface area contributed by atoms with Crippen LogP contribution in [-0.2, 0) is 11.2 Å². The molecule has 5 nitrogen and oxygen atoms in total. The Hall–Kier alpha value is -2.84. The Morgan fingerprint density at radius 1 is 1.30 bits per heavy atom. The van der Waals surface area contributed by atoms with Gasteiger partial charge in [-0.3, -0.25) is 4.79 Å². The van der Waals surface area contributed by atoms with Crippen LogP contribution in [0.4, 0.5) is 5.69 Å². The lowest BCUT2D eigenvalue weighted by Gasteiger charge is -2.28. The summed E-state index contributed by atoms with van der Waals surface area (Å²) in [4.78, 5) is 12.2. The molecule has 1 aliphatic heterocycles. The topological polar surface area (TPSA) is 85.2 Å². The molecule has 23 heavy (non-hydrogen) atoms. The van der Waals surface area contributed by atoms with Crippen molar-refractivity contribution in [1.29, 1.82) is 5.26 Å². The first-order valence-electron chi connectivity index (χ1n) is 7.47. The standard InChI is InChI=1S/C18H17N3O2/c19-10-12-6-7-16-14(8-12)9-15(11-20-16)21-18(23)17(22)13-4-2-1-3-5-13/h1-8,15,17,20,22H,9,11H2,(H,21,23)/t15-,17+/m1/s1. The number of carbonyl (C=O) groups is 1. The van der Waals surface area contributed by atoms with Gasteiger partial charge in [0.1, 0.15) is 0 Å². The number of aliphatic hydroxyl groups is 1. The molecule has 0 unspecified atom stereocenters. The van der Waals surface area contributed by atoms with Gasteiger partial charge in [0.05, 0.1) is 17.7 Å². The molecule has 0 fully saturated rings. The Balaban J connectivity index is 1.67. The van der Waals surface area contributed by atoms with Gasteiger partial charge in [-0.05, 0) is 35.7 Å². The smallest absolute Gasteiger partial charge is 0.253 e. The van der Waals surface area contributed by atoms with Crippen LogP contribution in [0, 0.1) is 11.3 Å². The van der Waals surface area contributed by atoms with Gasteiger partial charge in [-0.15, -0.1) is 0 Å². The number of nitriles is 1. The summed E-state index contributed by atoms with van der Waals surface area (Å²) in [5.41, 5.74) is 3.15. The molecule has 0 spiro atoms. The number of anilines is 1. The molecule has 0 aliphatic carbocycles. The van der Waals surface area contributed by atoms with Gasteiger partial charge in [-0.2, -0.15) is 5.26 Å². The van der Waals surface area contributed by atoms with Crippen LogP contribution in [0.15, 0.2) is 48.5 Å². The lowest BCUT2D eigenvalue weighted by Crippen LogP contribution is -2.45. The van der Waals surface area contributed by atoms with E-state index >= 15 is 0 Å². The number of nitrogens with one attached hydrogen (secondary N) is 2. The first kappa shape index (κ1) is 15.1. The first-order chi connectivity index (χ1) is 11.2. The lowest BCUT2D eigenvalue weighted by atomic mass is 9.97. The maximum atomic E-state index is 12.2. The molecule has 1 amide bonds. The summed E-state index contributed by atoms with van der Waals surface area (Å²) in [5, 5.41) is 25.2. The second kappa shape index (κ2) is 6.51. The highest BCUT2D eigenvalue weighted by Crippen LogP contribution is 2.23. The zero-order valence-electron chi connectivity index (χ0n) is 12.5. The zero-order chi connectivity index (χ0) is 16.2. The van der Waals surface area contributed by atoms with Crippen LogP contribution in [0.5, 0.6) is 0 Å². The summed E-state index contributed by atoms with van der Waals surface area (Å²) < 4.78 is 0. The van der Waals surface area contributed by atoms with Crippen molar-refractivity contribution < 1.29 is 9.90 Å². The molecule has 1 heterocycles. The molecule has 2 atom stereocenters. The molecule has 3 rings (SSSR count). The highest BCUT2D eigenvalue weighted by atomic mass is 16.3. The molecule has 2 aromatic rings. The molecular weight excluding hydrogens is 290 g/mol. The van der Waals surface area contributed by atoms with Gasteiger partial charge < -0.3 is 15.7 Å². The van der Waals surface area contributed by atoms with Gasteiger partial charge in [0, 0.05) is 12.2 Å².